The van der Waals surface area contributed by atoms with E-state index in [-0.39, 0.29) is 37.2 Å². The number of cyclic esters (lactones) is 1. The van der Waals surface area contributed by atoms with Crippen LogP contribution < -0.4 is 4.74 Å². The van der Waals surface area contributed by atoms with Gasteiger partial charge in [0, 0.05) is 19.1 Å². The van der Waals surface area contributed by atoms with E-state index in [4.69, 9.17) is 4.74 Å². The largest absolute Gasteiger partial charge is 0.491 e. The second kappa shape index (κ2) is 8.51. The number of amides is 2. The molecular weight excluding hydrogens is 389 g/mol. The first-order chi connectivity index (χ1) is 13.8. The van der Waals surface area contributed by atoms with Gasteiger partial charge in [-0.05, 0) is 24.8 Å². The van der Waals surface area contributed by atoms with E-state index in [0.29, 0.717) is 25.5 Å². The van der Waals surface area contributed by atoms with Crippen molar-refractivity contribution in [1.82, 2.24) is 9.80 Å². The van der Waals surface area contributed by atoms with E-state index in [1.54, 1.807) is 4.90 Å². The van der Waals surface area contributed by atoms with E-state index in [0.717, 1.165) is 13.5 Å². The molecule has 2 amide bonds. The number of piperidine rings is 1. The Kier molecular flexibility index (Phi) is 6.24. The minimum atomic E-state index is -1.47. The molecule has 160 valence electrons. The van der Waals surface area contributed by atoms with Crippen molar-refractivity contribution in [1.29, 1.82) is 0 Å². The number of carbonyl (C=O) groups excluding carboxylic acids is 2. The third kappa shape index (κ3) is 3.86. The first-order valence-electron chi connectivity index (χ1n) is 9.75. The number of halogens is 3. The van der Waals surface area contributed by atoms with Crippen LogP contribution in [0, 0.1) is 23.4 Å². The molecule has 0 radical (unpaired) electrons. The van der Waals surface area contributed by atoms with Gasteiger partial charge >= 0.3 is 6.09 Å². The summed E-state index contributed by atoms with van der Waals surface area (Å²) in [5.74, 6) is -5.41. The lowest BCUT2D eigenvalue weighted by molar-refractivity contribution is 0.0609. The minimum absolute atomic E-state index is 0.00680. The predicted octanol–water partition coefficient (Wildman–Crippen LogP) is 3.58. The van der Waals surface area contributed by atoms with Gasteiger partial charge in [-0.2, -0.15) is 4.39 Å². The highest BCUT2D eigenvalue weighted by atomic mass is 19.2. The summed E-state index contributed by atoms with van der Waals surface area (Å²) in [6.45, 7) is 5.00. The SMILES string of the molecule is CCC(C)C1COC(=O)N1C1CCN(C(=O)c2cc(F)c(F)c(OC)c2F)CC1. The van der Waals surface area contributed by atoms with Crippen LogP contribution in [0.3, 0.4) is 0 Å². The van der Waals surface area contributed by atoms with Gasteiger partial charge in [0.15, 0.2) is 17.4 Å². The molecule has 2 saturated heterocycles. The highest BCUT2D eigenvalue weighted by molar-refractivity contribution is 5.95. The van der Waals surface area contributed by atoms with Crippen LogP contribution >= 0.6 is 0 Å². The Bertz CT molecular complexity index is 796. The molecule has 0 saturated carbocycles. The van der Waals surface area contributed by atoms with Crippen LogP contribution in [0.5, 0.6) is 5.75 Å². The van der Waals surface area contributed by atoms with Crippen LogP contribution in [0.15, 0.2) is 6.07 Å². The van der Waals surface area contributed by atoms with E-state index in [2.05, 4.69) is 18.6 Å². The summed E-state index contributed by atoms with van der Waals surface area (Å²) in [6.07, 6.45) is 1.55. The third-order valence-corrected chi connectivity index (χ3v) is 5.94. The van der Waals surface area contributed by atoms with Gasteiger partial charge in [-0.3, -0.25) is 9.69 Å². The Hall–Kier alpha value is -2.45. The molecular formula is C20H25F3N2O4. The molecule has 0 spiro atoms. The summed E-state index contributed by atoms with van der Waals surface area (Å²) < 4.78 is 51.6. The zero-order valence-electron chi connectivity index (χ0n) is 16.7. The molecule has 2 atom stereocenters. The molecule has 0 N–H and O–H groups in total. The number of hydrogen-bond acceptors (Lipinski definition) is 4. The lowest BCUT2D eigenvalue weighted by Crippen LogP contribution is -2.51. The Balaban J connectivity index is 1.72. The van der Waals surface area contributed by atoms with Gasteiger partial charge in [0.2, 0.25) is 5.82 Å². The summed E-state index contributed by atoms with van der Waals surface area (Å²) in [6, 6.07) is 0.461. The normalized spacial score (nSPS) is 21.3. The topological polar surface area (TPSA) is 59.1 Å². The molecule has 6 nitrogen and oxygen atoms in total. The summed E-state index contributed by atoms with van der Waals surface area (Å²) in [5, 5.41) is 0. The van der Waals surface area contributed by atoms with Crippen LogP contribution in [-0.4, -0.2) is 60.7 Å². The van der Waals surface area contributed by atoms with Crippen LogP contribution in [-0.2, 0) is 4.74 Å². The second-order valence-corrected chi connectivity index (χ2v) is 7.53. The highest BCUT2D eigenvalue weighted by Gasteiger charge is 2.42. The molecule has 2 heterocycles. The van der Waals surface area contributed by atoms with Gasteiger partial charge in [-0.15, -0.1) is 0 Å². The summed E-state index contributed by atoms with van der Waals surface area (Å²) in [7, 11) is 1.00. The van der Waals surface area contributed by atoms with E-state index >= 15 is 0 Å². The van der Waals surface area contributed by atoms with Crippen molar-refractivity contribution in [2.75, 3.05) is 26.8 Å². The predicted molar refractivity (Wildman–Crippen MR) is 98.2 cm³/mol. The summed E-state index contributed by atoms with van der Waals surface area (Å²) in [4.78, 5) is 28.0. The number of hydrogen-bond donors (Lipinski definition) is 0. The van der Waals surface area contributed by atoms with Crippen LogP contribution in [0.1, 0.15) is 43.5 Å². The lowest BCUT2D eigenvalue weighted by Gasteiger charge is -2.39. The molecule has 1 aromatic rings. The zero-order chi connectivity index (χ0) is 21.3. The third-order valence-electron chi connectivity index (χ3n) is 5.94. The monoisotopic (exact) mass is 414 g/mol. The fourth-order valence-electron chi connectivity index (χ4n) is 4.01. The molecule has 2 aliphatic rings. The molecule has 2 fully saturated rings. The Morgan fingerprint density at radius 2 is 1.93 bits per heavy atom. The van der Waals surface area contributed by atoms with Crippen molar-refractivity contribution in [2.45, 2.75) is 45.2 Å². The molecule has 0 bridgehead atoms. The number of nitrogens with zero attached hydrogens (tertiary/aromatic N) is 2. The molecule has 0 aromatic heterocycles. The number of benzene rings is 1. The van der Waals surface area contributed by atoms with Gasteiger partial charge in [0.25, 0.3) is 5.91 Å². The average Bonchev–Trinajstić information content (AvgIpc) is 3.11. The van der Waals surface area contributed by atoms with Crippen molar-refractivity contribution < 1.29 is 32.2 Å². The van der Waals surface area contributed by atoms with Crippen LogP contribution in [0.25, 0.3) is 0 Å². The summed E-state index contributed by atoms with van der Waals surface area (Å²) >= 11 is 0. The number of rotatable bonds is 5. The molecule has 2 unspecified atom stereocenters. The van der Waals surface area contributed by atoms with E-state index in [9.17, 15) is 22.8 Å². The fourth-order valence-corrected chi connectivity index (χ4v) is 4.01. The lowest BCUT2D eigenvalue weighted by atomic mass is 9.95. The van der Waals surface area contributed by atoms with E-state index in [1.807, 2.05) is 0 Å². The smallest absolute Gasteiger partial charge is 0.410 e. The van der Waals surface area contributed by atoms with Gasteiger partial charge in [-0.1, -0.05) is 20.3 Å². The first kappa shape index (κ1) is 21.3. The molecule has 0 aliphatic carbocycles. The van der Waals surface area contributed by atoms with Gasteiger partial charge in [0.05, 0.1) is 18.7 Å². The standard InChI is InChI=1S/C20H25F3N2O4/c1-4-11(2)15-10-29-20(27)25(15)12-5-7-24(8-6-12)19(26)13-9-14(21)17(23)18(28-3)16(13)22/h9,11-12,15H,4-8,10H2,1-3H3. The van der Waals surface area contributed by atoms with Gasteiger partial charge in [0.1, 0.15) is 6.61 Å². The van der Waals surface area contributed by atoms with Gasteiger partial charge in [-0.25, -0.2) is 13.6 Å². The maximum absolute atomic E-state index is 14.4. The van der Waals surface area contributed by atoms with E-state index in [1.165, 1.54) is 4.90 Å². The van der Waals surface area contributed by atoms with Crippen molar-refractivity contribution in [3.8, 4) is 5.75 Å². The molecule has 1 aromatic carbocycles. The van der Waals surface area contributed by atoms with Crippen LogP contribution in [0.2, 0.25) is 0 Å². The minimum Gasteiger partial charge on any atom is -0.491 e. The number of carbonyl (C=O) groups is 2. The zero-order valence-corrected chi connectivity index (χ0v) is 16.7. The Labute approximate surface area is 167 Å². The molecule has 29 heavy (non-hydrogen) atoms. The number of methoxy groups -OCH3 is 1. The fraction of sp³-hybridized carbons (Fsp3) is 0.600. The van der Waals surface area contributed by atoms with Crippen molar-refractivity contribution in [2.24, 2.45) is 5.92 Å². The maximum Gasteiger partial charge on any atom is 0.410 e. The molecule has 3 rings (SSSR count). The summed E-state index contributed by atoms with van der Waals surface area (Å²) in [5.41, 5.74) is -0.572. The van der Waals surface area contributed by atoms with Crippen molar-refractivity contribution in [3.63, 3.8) is 0 Å². The molecule has 9 heteroatoms. The van der Waals surface area contributed by atoms with Crippen LogP contribution in [0.4, 0.5) is 18.0 Å². The quantitative estimate of drug-likeness (QED) is 0.691. The molecule has 2 aliphatic heterocycles. The van der Waals surface area contributed by atoms with Gasteiger partial charge < -0.3 is 14.4 Å². The Morgan fingerprint density at radius 3 is 2.52 bits per heavy atom. The van der Waals surface area contributed by atoms with E-state index < -0.39 is 34.7 Å². The first-order valence-corrected chi connectivity index (χ1v) is 9.75. The highest BCUT2D eigenvalue weighted by Crippen LogP contribution is 2.31. The van der Waals surface area contributed by atoms with Crippen molar-refractivity contribution >= 4 is 12.0 Å². The Morgan fingerprint density at radius 1 is 1.28 bits per heavy atom. The average molecular weight is 414 g/mol. The van der Waals surface area contributed by atoms with Crippen molar-refractivity contribution in [3.05, 3.63) is 29.1 Å². The maximum atomic E-state index is 14.4. The number of likely N-dealkylation sites (tertiary alicyclic amines) is 1. The number of ether oxygens (including phenoxy) is 2. The second-order valence-electron chi connectivity index (χ2n) is 7.53.